The highest BCUT2D eigenvalue weighted by molar-refractivity contribution is 8.32. The first kappa shape index (κ1) is 20.8. The number of aliphatic hydroxyl groups is 1. The third-order valence-corrected chi connectivity index (χ3v) is 7.14. The van der Waals surface area contributed by atoms with E-state index in [1.165, 1.54) is 0 Å². The summed E-state index contributed by atoms with van der Waals surface area (Å²) in [6.07, 6.45) is 8.40. The molecule has 0 aliphatic heterocycles. The molecule has 0 aromatic heterocycles. The summed E-state index contributed by atoms with van der Waals surface area (Å²) in [6, 6.07) is -0.517. The van der Waals surface area contributed by atoms with Gasteiger partial charge in [0.2, 0.25) is 0 Å². The van der Waals surface area contributed by atoms with Gasteiger partial charge in [-0.3, -0.25) is 4.99 Å². The van der Waals surface area contributed by atoms with E-state index < -0.39 is 27.3 Å². The molecule has 3 aliphatic carbocycles. The SMILES string of the molecule is CC(C)(C)OC(=O)[C@H](CS(C)(C)C)/N=C1/C[C@H]2C[C@H](C2(C)C)[C@@]1(C)O. The molecule has 146 valence electrons. The number of hydrogen-bond acceptors (Lipinski definition) is 4. The smallest absolute Gasteiger partial charge is 0.332 e. The van der Waals surface area contributed by atoms with E-state index in [0.717, 1.165) is 18.6 Å². The van der Waals surface area contributed by atoms with Gasteiger partial charge in [-0.1, -0.05) is 13.8 Å². The van der Waals surface area contributed by atoms with Gasteiger partial charge >= 0.3 is 5.97 Å². The van der Waals surface area contributed by atoms with Crippen LogP contribution >= 0.6 is 10.0 Å². The fraction of sp³-hybridized carbons (Fsp3) is 0.900. The number of ether oxygens (including phenoxy) is 1. The summed E-state index contributed by atoms with van der Waals surface area (Å²) in [6.45, 7) is 12.0. The summed E-state index contributed by atoms with van der Waals surface area (Å²) in [7, 11) is -0.927. The first-order valence-electron chi connectivity index (χ1n) is 9.22. The zero-order chi connectivity index (χ0) is 19.4. The number of aliphatic imine (C=N–C) groups is 1. The van der Waals surface area contributed by atoms with Crippen LogP contribution < -0.4 is 0 Å². The molecule has 0 spiro atoms. The van der Waals surface area contributed by atoms with Crippen LogP contribution in [0.5, 0.6) is 0 Å². The second-order valence-electron chi connectivity index (χ2n) is 10.5. The molecule has 0 radical (unpaired) electrons. The molecule has 0 aromatic rings. The normalized spacial score (nSPS) is 35.0. The van der Waals surface area contributed by atoms with Gasteiger partial charge in [-0.2, -0.15) is 0 Å². The number of carbonyl (C=O) groups excluding carboxylic acids is 1. The van der Waals surface area contributed by atoms with Gasteiger partial charge < -0.3 is 9.84 Å². The molecule has 0 saturated heterocycles. The molecular weight excluding hydrogens is 334 g/mol. The van der Waals surface area contributed by atoms with Crippen molar-refractivity contribution >= 4 is 21.7 Å². The van der Waals surface area contributed by atoms with E-state index in [-0.39, 0.29) is 17.3 Å². The maximum absolute atomic E-state index is 12.7. The second-order valence-corrected chi connectivity index (χ2v) is 15.1. The minimum Gasteiger partial charge on any atom is -0.458 e. The van der Waals surface area contributed by atoms with E-state index in [9.17, 15) is 9.90 Å². The molecule has 0 unspecified atom stereocenters. The van der Waals surface area contributed by atoms with Gasteiger partial charge in [0.25, 0.3) is 0 Å². The second kappa shape index (κ2) is 6.26. The molecule has 5 heteroatoms. The molecule has 3 fully saturated rings. The lowest BCUT2D eigenvalue weighted by molar-refractivity contribution is -0.156. The average molecular weight is 372 g/mol. The third-order valence-electron chi connectivity index (χ3n) is 5.82. The van der Waals surface area contributed by atoms with E-state index >= 15 is 0 Å². The molecule has 0 heterocycles. The van der Waals surface area contributed by atoms with Crippen molar-refractivity contribution in [2.45, 2.75) is 71.6 Å². The lowest BCUT2D eigenvalue weighted by atomic mass is 9.44. The van der Waals surface area contributed by atoms with Gasteiger partial charge in [0, 0.05) is 11.5 Å². The number of hydrogen-bond donors (Lipinski definition) is 1. The molecule has 0 amide bonds. The minimum absolute atomic E-state index is 0.152. The summed E-state index contributed by atoms with van der Waals surface area (Å²) < 4.78 is 5.62. The van der Waals surface area contributed by atoms with Gasteiger partial charge in [-0.15, -0.1) is 0 Å². The third kappa shape index (κ3) is 4.41. The van der Waals surface area contributed by atoms with Crippen LogP contribution in [0, 0.1) is 17.3 Å². The van der Waals surface area contributed by atoms with Gasteiger partial charge in [0.1, 0.15) is 11.2 Å². The van der Waals surface area contributed by atoms with Crippen molar-refractivity contribution < 1.29 is 14.6 Å². The maximum Gasteiger partial charge on any atom is 0.332 e. The number of rotatable bonds is 4. The number of esters is 1. The van der Waals surface area contributed by atoms with Crippen molar-refractivity contribution in [1.29, 1.82) is 0 Å². The van der Waals surface area contributed by atoms with Gasteiger partial charge in [0.15, 0.2) is 6.04 Å². The molecule has 1 N–H and O–H groups in total. The Hall–Kier alpha value is -0.550. The Kier molecular flexibility index (Phi) is 5.20. The minimum atomic E-state index is -0.927. The van der Waals surface area contributed by atoms with Crippen LogP contribution in [-0.4, -0.2) is 58.6 Å². The van der Waals surface area contributed by atoms with Crippen LogP contribution in [0.25, 0.3) is 0 Å². The van der Waals surface area contributed by atoms with Gasteiger partial charge in [0.05, 0.1) is 0 Å². The maximum atomic E-state index is 12.7. The molecule has 4 atom stereocenters. The van der Waals surface area contributed by atoms with Crippen molar-refractivity contribution in [2.24, 2.45) is 22.2 Å². The molecule has 3 aliphatic rings. The Morgan fingerprint density at radius 1 is 1.32 bits per heavy atom. The number of carbonyl (C=O) groups is 1. The van der Waals surface area contributed by atoms with E-state index in [2.05, 4.69) is 32.6 Å². The van der Waals surface area contributed by atoms with Crippen molar-refractivity contribution in [1.82, 2.24) is 0 Å². The van der Waals surface area contributed by atoms with Crippen LogP contribution in [0.2, 0.25) is 0 Å². The quantitative estimate of drug-likeness (QED) is 0.768. The van der Waals surface area contributed by atoms with Gasteiger partial charge in [-0.25, -0.2) is 14.8 Å². The van der Waals surface area contributed by atoms with Gasteiger partial charge in [-0.05, 0) is 76.6 Å². The zero-order valence-electron chi connectivity index (χ0n) is 17.5. The largest absolute Gasteiger partial charge is 0.458 e. The lowest BCUT2D eigenvalue weighted by Gasteiger charge is -2.62. The summed E-state index contributed by atoms with van der Waals surface area (Å²) >= 11 is 0. The highest BCUT2D eigenvalue weighted by Crippen LogP contribution is 2.61. The zero-order valence-corrected chi connectivity index (χ0v) is 18.3. The molecule has 4 nitrogen and oxygen atoms in total. The fourth-order valence-corrected chi connectivity index (χ4v) is 5.49. The highest BCUT2D eigenvalue weighted by Gasteiger charge is 2.61. The van der Waals surface area contributed by atoms with Crippen LogP contribution in [-0.2, 0) is 9.53 Å². The predicted molar refractivity (Wildman–Crippen MR) is 108 cm³/mol. The van der Waals surface area contributed by atoms with E-state index in [1.54, 1.807) is 0 Å². The summed E-state index contributed by atoms with van der Waals surface area (Å²) in [5, 5.41) is 11.2. The monoisotopic (exact) mass is 371 g/mol. The van der Waals surface area contributed by atoms with Crippen molar-refractivity contribution in [3.8, 4) is 0 Å². The predicted octanol–water partition coefficient (Wildman–Crippen LogP) is 3.65. The van der Waals surface area contributed by atoms with E-state index in [0.29, 0.717) is 11.7 Å². The molecule has 2 bridgehead atoms. The van der Waals surface area contributed by atoms with Crippen LogP contribution in [0.15, 0.2) is 4.99 Å². The van der Waals surface area contributed by atoms with Crippen molar-refractivity contribution in [3.05, 3.63) is 0 Å². The Morgan fingerprint density at radius 3 is 2.28 bits per heavy atom. The molecule has 0 aromatic carbocycles. The first-order chi connectivity index (χ1) is 11.0. The van der Waals surface area contributed by atoms with Crippen LogP contribution in [0.1, 0.15) is 54.4 Å². The number of fused-ring (bicyclic) bond motifs is 2. The summed E-state index contributed by atoms with van der Waals surface area (Å²) in [5.74, 6) is 1.20. The van der Waals surface area contributed by atoms with E-state index in [1.807, 2.05) is 27.7 Å². The molecule has 3 saturated carbocycles. The first-order valence-corrected chi connectivity index (χ1v) is 12.2. The average Bonchev–Trinajstić information content (AvgIpc) is 2.35. The highest BCUT2D eigenvalue weighted by atomic mass is 32.3. The fourth-order valence-electron chi connectivity index (χ4n) is 4.33. The summed E-state index contributed by atoms with van der Waals surface area (Å²) in [5.41, 5.74) is -0.500. The molecular formula is C20H37NO3S. The Bertz CT molecular complexity index is 566. The topological polar surface area (TPSA) is 58.9 Å². The summed E-state index contributed by atoms with van der Waals surface area (Å²) in [4.78, 5) is 17.6. The standard InChI is InChI=1S/C20H37NO3S/c1-18(2,3)24-17(22)14(12-25(7,8)9)21-16-11-13-10-15(19(13,4)5)20(16,6)23/h13-15,23H,10-12H2,1-9H3/b21-16-/t13-,14+,15-,20-/m1/s1. The molecule has 3 rings (SSSR count). The van der Waals surface area contributed by atoms with Crippen molar-refractivity contribution in [3.63, 3.8) is 0 Å². The van der Waals surface area contributed by atoms with Crippen LogP contribution in [0.3, 0.4) is 0 Å². The molecule has 25 heavy (non-hydrogen) atoms. The van der Waals surface area contributed by atoms with Crippen molar-refractivity contribution in [2.75, 3.05) is 24.5 Å². The Morgan fingerprint density at radius 2 is 1.88 bits per heavy atom. The Balaban J connectivity index is 2.29. The number of nitrogens with zero attached hydrogens (tertiary/aromatic N) is 1. The lowest BCUT2D eigenvalue weighted by Crippen LogP contribution is -2.65. The van der Waals surface area contributed by atoms with E-state index in [4.69, 9.17) is 9.73 Å². The Labute approximate surface area is 155 Å². The van der Waals surface area contributed by atoms with Crippen LogP contribution in [0.4, 0.5) is 0 Å².